The van der Waals surface area contributed by atoms with Gasteiger partial charge in [0.2, 0.25) is 5.91 Å². The molecule has 0 bridgehead atoms. The molecule has 3 rings (SSSR count). The van der Waals surface area contributed by atoms with Crippen LogP contribution in [-0.2, 0) is 33.2 Å². The number of rotatable bonds is 9. The van der Waals surface area contributed by atoms with Crippen LogP contribution in [0.3, 0.4) is 0 Å². The molecule has 38 heavy (non-hydrogen) atoms. The third-order valence-corrected chi connectivity index (χ3v) is 6.71. The Kier molecular flexibility index (Phi) is 11.1. The van der Waals surface area contributed by atoms with Gasteiger partial charge in [-0.3, -0.25) is 4.79 Å². The first-order valence-corrected chi connectivity index (χ1v) is 12.0. The molecule has 6 unspecified atom stereocenters. The average molecular weight is 560 g/mol. The van der Waals surface area contributed by atoms with Gasteiger partial charge in [0, 0.05) is 14.0 Å². The highest BCUT2D eigenvalue weighted by Gasteiger charge is 2.53. The van der Waals surface area contributed by atoms with Gasteiger partial charge in [0.05, 0.1) is 19.8 Å². The molecule has 0 aromatic rings. The molecular formula is C21H37NO16. The lowest BCUT2D eigenvalue weighted by Crippen LogP contribution is -2.68. The number of carbonyl (C=O) groups is 1. The van der Waals surface area contributed by atoms with E-state index in [9.17, 15) is 50.8 Å². The smallest absolute Gasteiger partial charge is 0.217 e. The van der Waals surface area contributed by atoms with Crippen molar-refractivity contribution in [1.29, 1.82) is 0 Å². The van der Waals surface area contributed by atoms with Crippen LogP contribution in [0.2, 0.25) is 0 Å². The lowest BCUT2D eigenvalue weighted by Gasteiger charge is -2.48. The maximum Gasteiger partial charge on any atom is 0.217 e. The number of carbonyl (C=O) groups excluding carboxylic acids is 1. The van der Waals surface area contributed by atoms with Gasteiger partial charge in [0.1, 0.15) is 73.2 Å². The lowest BCUT2D eigenvalue weighted by atomic mass is 9.95. The van der Waals surface area contributed by atoms with Gasteiger partial charge < -0.3 is 79.7 Å². The van der Waals surface area contributed by atoms with Gasteiger partial charge in [-0.15, -0.1) is 0 Å². The van der Waals surface area contributed by atoms with Crippen molar-refractivity contribution in [2.45, 2.75) is 99.0 Å². The standard InChI is InChI=1S/C21H37NO16/c1-6(26)22-10-13(29)17(9(5-25)36-19(10)33-2)37-21-16(32)18(12(28)8(4-24)35-21)38-20-15(31)14(30)11(27)7(3-23)34-20/h7-21,23-25,27-32H,3-5H2,1-2H3,(H,22,26)/t7?,8-,9?,10-,11+,12-,13?,14?,15-,16?,17+,18?,19-,20+,21-/m1/s1. The van der Waals surface area contributed by atoms with Crippen LogP contribution < -0.4 is 5.32 Å². The molecule has 0 saturated carbocycles. The number of aliphatic hydroxyl groups is 9. The van der Waals surface area contributed by atoms with Gasteiger partial charge in [-0.05, 0) is 0 Å². The highest BCUT2D eigenvalue weighted by atomic mass is 16.8. The zero-order chi connectivity index (χ0) is 28.3. The maximum atomic E-state index is 11.6. The van der Waals surface area contributed by atoms with Gasteiger partial charge in [-0.25, -0.2) is 0 Å². The Morgan fingerprint density at radius 2 is 1.16 bits per heavy atom. The molecule has 3 heterocycles. The number of amides is 1. The summed E-state index contributed by atoms with van der Waals surface area (Å²) in [6.45, 7) is -1.05. The molecule has 0 aromatic carbocycles. The van der Waals surface area contributed by atoms with Crippen LogP contribution in [0.15, 0.2) is 0 Å². The third-order valence-electron chi connectivity index (χ3n) is 6.71. The molecule has 0 radical (unpaired) electrons. The van der Waals surface area contributed by atoms with Crippen molar-refractivity contribution in [1.82, 2.24) is 5.32 Å². The molecule has 10 N–H and O–H groups in total. The van der Waals surface area contributed by atoms with Crippen molar-refractivity contribution in [3.05, 3.63) is 0 Å². The van der Waals surface area contributed by atoms with Crippen molar-refractivity contribution in [3.63, 3.8) is 0 Å². The summed E-state index contributed by atoms with van der Waals surface area (Å²) in [6, 6.07) is -1.16. The normalized spacial score (nSPS) is 48.0. The Hall–Kier alpha value is -1.13. The summed E-state index contributed by atoms with van der Waals surface area (Å²) in [5.74, 6) is -0.536. The maximum absolute atomic E-state index is 11.6. The minimum atomic E-state index is -1.88. The molecule has 17 heteroatoms. The molecule has 1 amide bonds. The van der Waals surface area contributed by atoms with E-state index in [1.807, 2.05) is 0 Å². The number of nitrogens with one attached hydrogen (secondary N) is 1. The molecule has 3 saturated heterocycles. The van der Waals surface area contributed by atoms with E-state index in [-0.39, 0.29) is 0 Å². The quantitative estimate of drug-likeness (QED) is 0.126. The molecule has 17 nitrogen and oxygen atoms in total. The Balaban J connectivity index is 1.81. The Labute approximate surface area is 217 Å². The highest BCUT2D eigenvalue weighted by Crippen LogP contribution is 2.32. The first kappa shape index (κ1) is 31.4. The van der Waals surface area contributed by atoms with Crippen LogP contribution in [0.5, 0.6) is 0 Å². The fraction of sp³-hybridized carbons (Fsp3) is 0.952. The summed E-state index contributed by atoms with van der Waals surface area (Å²) in [5, 5.41) is 94.2. The van der Waals surface area contributed by atoms with Crippen LogP contribution in [0.25, 0.3) is 0 Å². The molecule has 0 aromatic heterocycles. The van der Waals surface area contributed by atoms with Gasteiger partial charge in [-0.2, -0.15) is 0 Å². The number of hydrogen-bond acceptors (Lipinski definition) is 16. The van der Waals surface area contributed by atoms with E-state index in [4.69, 9.17) is 28.4 Å². The van der Waals surface area contributed by atoms with Gasteiger partial charge in [0.15, 0.2) is 18.9 Å². The van der Waals surface area contributed by atoms with Crippen molar-refractivity contribution < 1.29 is 79.2 Å². The van der Waals surface area contributed by atoms with E-state index in [2.05, 4.69) is 5.32 Å². The van der Waals surface area contributed by atoms with Crippen molar-refractivity contribution in [2.75, 3.05) is 26.9 Å². The molecule has 3 fully saturated rings. The monoisotopic (exact) mass is 559 g/mol. The number of aliphatic hydroxyl groups excluding tert-OH is 9. The fourth-order valence-corrected chi connectivity index (χ4v) is 4.64. The summed E-state index contributed by atoms with van der Waals surface area (Å²) >= 11 is 0. The van der Waals surface area contributed by atoms with Gasteiger partial charge in [-0.1, -0.05) is 0 Å². The molecule has 3 aliphatic rings. The Morgan fingerprint density at radius 1 is 0.658 bits per heavy atom. The van der Waals surface area contributed by atoms with E-state index in [0.717, 1.165) is 0 Å². The molecule has 0 spiro atoms. The highest BCUT2D eigenvalue weighted by molar-refractivity contribution is 5.73. The summed E-state index contributed by atoms with van der Waals surface area (Å²) < 4.78 is 32.7. The van der Waals surface area contributed by atoms with Crippen molar-refractivity contribution >= 4 is 5.91 Å². The van der Waals surface area contributed by atoms with E-state index in [0.29, 0.717) is 0 Å². The first-order chi connectivity index (χ1) is 18.0. The fourth-order valence-electron chi connectivity index (χ4n) is 4.64. The second-order valence-corrected chi connectivity index (χ2v) is 9.28. The summed E-state index contributed by atoms with van der Waals surface area (Å²) in [5.41, 5.74) is 0. The second-order valence-electron chi connectivity index (χ2n) is 9.28. The van der Waals surface area contributed by atoms with Crippen LogP contribution >= 0.6 is 0 Å². The number of methoxy groups -OCH3 is 1. The minimum absolute atomic E-state index is 0.536. The second kappa shape index (κ2) is 13.5. The predicted octanol–water partition coefficient (Wildman–Crippen LogP) is -6.78. The first-order valence-electron chi connectivity index (χ1n) is 12.0. The van der Waals surface area contributed by atoms with Gasteiger partial charge >= 0.3 is 0 Å². The van der Waals surface area contributed by atoms with Crippen molar-refractivity contribution in [3.8, 4) is 0 Å². The largest absolute Gasteiger partial charge is 0.394 e. The third kappa shape index (κ3) is 6.43. The van der Waals surface area contributed by atoms with Gasteiger partial charge in [0.25, 0.3) is 0 Å². The van der Waals surface area contributed by atoms with Crippen LogP contribution in [0.4, 0.5) is 0 Å². The SMILES string of the molecule is CO[C@@H]1OC(CO)[C@H](O[C@H]2O[C@H](CO)[C@@H](O)C(O[C@@H]3OC(CO)[C@H](O)C(O)[C@H]3O)C2O)C(O)[C@H]1NC(C)=O. The van der Waals surface area contributed by atoms with E-state index >= 15 is 0 Å². The molecular weight excluding hydrogens is 522 g/mol. The van der Waals surface area contributed by atoms with E-state index in [1.54, 1.807) is 0 Å². The van der Waals surface area contributed by atoms with Crippen LogP contribution in [-0.4, -0.2) is 171 Å². The number of ether oxygens (including phenoxy) is 6. The van der Waals surface area contributed by atoms with Crippen LogP contribution in [0, 0.1) is 0 Å². The van der Waals surface area contributed by atoms with Crippen LogP contribution in [0.1, 0.15) is 6.92 Å². The topological polar surface area (TPSA) is 267 Å². The minimum Gasteiger partial charge on any atom is -0.394 e. The Morgan fingerprint density at radius 3 is 1.68 bits per heavy atom. The molecule has 3 aliphatic heterocycles. The number of hydrogen-bond donors (Lipinski definition) is 10. The summed E-state index contributed by atoms with van der Waals surface area (Å²) in [6.07, 6.45) is -22.3. The predicted molar refractivity (Wildman–Crippen MR) is 118 cm³/mol. The molecule has 222 valence electrons. The average Bonchev–Trinajstić information content (AvgIpc) is 2.89. The Bertz CT molecular complexity index is 761. The molecule has 15 atom stereocenters. The summed E-state index contributed by atoms with van der Waals surface area (Å²) in [7, 11) is 1.25. The van der Waals surface area contributed by atoms with E-state index < -0.39 is 118 Å². The molecule has 0 aliphatic carbocycles. The lowest BCUT2D eigenvalue weighted by molar-refractivity contribution is -0.375. The van der Waals surface area contributed by atoms with E-state index in [1.165, 1.54) is 14.0 Å². The zero-order valence-electron chi connectivity index (χ0n) is 20.7. The zero-order valence-corrected chi connectivity index (χ0v) is 20.7. The van der Waals surface area contributed by atoms with Crippen molar-refractivity contribution in [2.24, 2.45) is 0 Å². The summed E-state index contributed by atoms with van der Waals surface area (Å²) in [4.78, 5) is 11.6.